The van der Waals surface area contributed by atoms with Gasteiger partial charge in [-0.15, -0.1) is 0 Å². The Morgan fingerprint density at radius 1 is 0.949 bits per heavy atom. The molecule has 12 nitrogen and oxygen atoms in total. The first-order valence-electron chi connectivity index (χ1n) is 12.0. The van der Waals surface area contributed by atoms with Gasteiger partial charge in [0.2, 0.25) is 27.4 Å². The third-order valence-corrected chi connectivity index (χ3v) is 7.56. The van der Waals surface area contributed by atoms with Crippen molar-refractivity contribution >= 4 is 33.5 Å². The Labute approximate surface area is 227 Å². The van der Waals surface area contributed by atoms with Crippen molar-refractivity contribution in [1.29, 1.82) is 5.41 Å². The van der Waals surface area contributed by atoms with Crippen molar-refractivity contribution < 1.29 is 37.0 Å². The first-order chi connectivity index (χ1) is 18.2. The fourth-order valence-electron chi connectivity index (χ4n) is 3.03. The number of nitrogens with two attached hydrogens (primary N) is 2. The minimum Gasteiger partial charge on any atom is -0.494 e. The van der Waals surface area contributed by atoms with Crippen LogP contribution in [-0.2, 0) is 33.7 Å². The summed E-state index contributed by atoms with van der Waals surface area (Å²) < 4.78 is 42.0. The van der Waals surface area contributed by atoms with E-state index in [1.807, 2.05) is 0 Å². The second kappa shape index (κ2) is 13.2. The number of rotatable bonds is 13. The summed E-state index contributed by atoms with van der Waals surface area (Å²) in [5.41, 5.74) is 11.2. The number of hydrogen-bond donors (Lipinski definition) is 4. The predicted octanol–water partition coefficient (Wildman–Crippen LogP) is 1.46. The zero-order chi connectivity index (χ0) is 29.3. The van der Waals surface area contributed by atoms with Gasteiger partial charge in [-0.1, -0.05) is 18.2 Å². The van der Waals surface area contributed by atoms with Gasteiger partial charge >= 0.3 is 11.9 Å². The number of carbonyl (C=O) groups is 3. The highest BCUT2D eigenvalue weighted by atomic mass is 32.2. The SMILES string of the molecule is CC(C)(C)C(=O)OCOC(=O)[C@](N)(CNC(=O)CCCOc1ccc(C(=N)N)cc1)S(=O)(=O)c1ccccc1. The van der Waals surface area contributed by atoms with Crippen molar-refractivity contribution in [3.05, 3.63) is 60.2 Å². The summed E-state index contributed by atoms with van der Waals surface area (Å²) in [6.07, 6.45) is 0.224. The van der Waals surface area contributed by atoms with Crippen molar-refractivity contribution in [2.75, 3.05) is 19.9 Å². The number of esters is 2. The fraction of sp³-hybridized carbons (Fsp3) is 0.385. The van der Waals surface area contributed by atoms with Gasteiger partial charge in [-0.2, -0.15) is 0 Å². The second-order valence-electron chi connectivity index (χ2n) is 9.60. The minimum absolute atomic E-state index is 0.0504. The summed E-state index contributed by atoms with van der Waals surface area (Å²) in [4.78, 5) is 34.3. The van der Waals surface area contributed by atoms with Crippen LogP contribution in [-0.4, -0.2) is 56.9 Å². The summed E-state index contributed by atoms with van der Waals surface area (Å²) in [6, 6.07) is 13.5. The Hall–Kier alpha value is -3.97. The lowest BCUT2D eigenvalue weighted by atomic mass is 9.98. The molecular weight excluding hydrogens is 528 g/mol. The molecule has 0 aliphatic heterocycles. The molecular formula is C26H34N4O8S. The molecule has 2 aromatic carbocycles. The first-order valence-corrected chi connectivity index (χ1v) is 13.4. The molecule has 0 aromatic heterocycles. The smallest absolute Gasteiger partial charge is 0.347 e. The van der Waals surface area contributed by atoms with Crippen molar-refractivity contribution in [3.8, 4) is 5.75 Å². The van der Waals surface area contributed by atoms with Crippen LogP contribution in [0.4, 0.5) is 0 Å². The summed E-state index contributed by atoms with van der Waals surface area (Å²) in [7, 11) is -4.55. The molecule has 0 bridgehead atoms. The van der Waals surface area contributed by atoms with E-state index in [1.165, 1.54) is 24.3 Å². The van der Waals surface area contributed by atoms with Crippen LogP contribution in [0.15, 0.2) is 59.5 Å². The average molecular weight is 563 g/mol. The molecule has 0 aliphatic rings. The fourth-order valence-corrected chi connectivity index (χ4v) is 4.51. The largest absolute Gasteiger partial charge is 0.494 e. The topological polar surface area (TPSA) is 201 Å². The van der Waals surface area contributed by atoms with E-state index in [4.69, 9.17) is 31.1 Å². The molecule has 1 atom stereocenters. The van der Waals surface area contributed by atoms with Gasteiger partial charge in [0, 0.05) is 12.0 Å². The Morgan fingerprint density at radius 2 is 1.54 bits per heavy atom. The average Bonchev–Trinajstić information content (AvgIpc) is 2.89. The molecule has 0 radical (unpaired) electrons. The van der Waals surface area contributed by atoms with Crippen LogP contribution >= 0.6 is 0 Å². The van der Waals surface area contributed by atoms with E-state index in [0.717, 1.165) is 0 Å². The van der Waals surface area contributed by atoms with E-state index in [2.05, 4.69) is 5.32 Å². The van der Waals surface area contributed by atoms with Crippen molar-refractivity contribution in [1.82, 2.24) is 5.32 Å². The van der Waals surface area contributed by atoms with Crippen LogP contribution in [0.5, 0.6) is 5.75 Å². The number of benzene rings is 2. The quantitative estimate of drug-likeness (QED) is 0.0910. The van der Waals surface area contributed by atoms with Gasteiger partial charge in [0.25, 0.3) is 0 Å². The second-order valence-corrected chi connectivity index (χ2v) is 11.8. The number of carbonyl (C=O) groups excluding carboxylic acids is 3. The molecule has 0 saturated carbocycles. The third kappa shape index (κ3) is 8.52. The highest BCUT2D eigenvalue weighted by Crippen LogP contribution is 2.23. The van der Waals surface area contributed by atoms with Gasteiger partial charge < -0.3 is 31.0 Å². The minimum atomic E-state index is -4.55. The summed E-state index contributed by atoms with van der Waals surface area (Å²) >= 11 is 0. The molecule has 2 rings (SSSR count). The van der Waals surface area contributed by atoms with Gasteiger partial charge in [0.05, 0.1) is 23.5 Å². The Kier molecular flexibility index (Phi) is 10.6. The zero-order valence-electron chi connectivity index (χ0n) is 22.1. The zero-order valence-corrected chi connectivity index (χ0v) is 22.9. The number of nitrogen functional groups attached to an aromatic ring is 1. The number of amidine groups is 1. The van der Waals surface area contributed by atoms with Crippen LogP contribution in [0.2, 0.25) is 0 Å². The number of amides is 1. The number of nitrogens with one attached hydrogen (secondary N) is 2. The Bertz CT molecular complexity index is 1280. The normalized spacial score (nSPS) is 13.0. The lowest BCUT2D eigenvalue weighted by Crippen LogP contribution is -2.62. The maximum Gasteiger partial charge on any atom is 0.347 e. The lowest BCUT2D eigenvalue weighted by molar-refractivity contribution is -0.174. The maximum absolute atomic E-state index is 13.3. The number of sulfone groups is 1. The van der Waals surface area contributed by atoms with E-state index in [1.54, 1.807) is 51.1 Å². The molecule has 6 N–H and O–H groups in total. The number of hydrogen-bond acceptors (Lipinski definition) is 10. The Balaban J connectivity index is 2.02. The highest BCUT2D eigenvalue weighted by molar-refractivity contribution is 7.93. The molecule has 2 aromatic rings. The van der Waals surface area contributed by atoms with E-state index in [0.29, 0.717) is 11.3 Å². The van der Waals surface area contributed by atoms with Gasteiger partial charge in [-0.25, -0.2) is 13.2 Å². The third-order valence-electron chi connectivity index (χ3n) is 5.40. The maximum atomic E-state index is 13.3. The van der Waals surface area contributed by atoms with E-state index < -0.39 is 51.3 Å². The van der Waals surface area contributed by atoms with Gasteiger partial charge in [-0.3, -0.25) is 15.0 Å². The van der Waals surface area contributed by atoms with Crippen LogP contribution in [0.3, 0.4) is 0 Å². The summed E-state index contributed by atoms with van der Waals surface area (Å²) in [6.45, 7) is 3.31. The molecule has 0 aliphatic carbocycles. The molecule has 0 spiro atoms. The predicted molar refractivity (Wildman–Crippen MR) is 142 cm³/mol. The number of ether oxygens (including phenoxy) is 3. The Morgan fingerprint density at radius 3 is 2.10 bits per heavy atom. The van der Waals surface area contributed by atoms with Crippen LogP contribution in [0, 0.1) is 10.8 Å². The van der Waals surface area contributed by atoms with Gasteiger partial charge in [0.1, 0.15) is 11.6 Å². The standard InChI is InChI=1S/C26H34N4O8S/c1-25(2,3)23(32)37-17-38-24(33)26(29,39(34,35)20-8-5-4-6-9-20)16-30-21(31)10-7-15-36-19-13-11-18(12-14-19)22(27)28/h4-6,8-9,11-14H,7,10,15-17,29H2,1-3H3,(H3,27,28)(H,30,31)/t26-/m0/s1. The van der Waals surface area contributed by atoms with Crippen LogP contribution in [0.1, 0.15) is 39.2 Å². The molecule has 0 unspecified atom stereocenters. The summed E-state index contributed by atoms with van der Waals surface area (Å²) in [5.74, 6) is -2.20. The van der Waals surface area contributed by atoms with Crippen molar-refractivity contribution in [3.63, 3.8) is 0 Å². The van der Waals surface area contributed by atoms with Crippen LogP contribution < -0.4 is 21.5 Å². The van der Waals surface area contributed by atoms with Gasteiger partial charge in [-0.05, 0) is 63.6 Å². The van der Waals surface area contributed by atoms with E-state index in [9.17, 15) is 22.8 Å². The monoisotopic (exact) mass is 562 g/mol. The highest BCUT2D eigenvalue weighted by Gasteiger charge is 2.50. The lowest BCUT2D eigenvalue weighted by Gasteiger charge is -2.27. The van der Waals surface area contributed by atoms with Crippen molar-refractivity contribution in [2.45, 2.75) is 43.4 Å². The molecule has 1 amide bonds. The van der Waals surface area contributed by atoms with E-state index in [-0.39, 0.29) is 30.2 Å². The first kappa shape index (κ1) is 31.2. The van der Waals surface area contributed by atoms with Crippen molar-refractivity contribution in [2.24, 2.45) is 16.9 Å². The molecule has 0 saturated heterocycles. The van der Waals surface area contributed by atoms with E-state index >= 15 is 0 Å². The molecule has 13 heteroatoms. The molecule has 212 valence electrons. The molecule has 0 fully saturated rings. The van der Waals surface area contributed by atoms with Crippen LogP contribution in [0.25, 0.3) is 0 Å². The molecule has 39 heavy (non-hydrogen) atoms. The van der Waals surface area contributed by atoms with Gasteiger partial charge in [0.15, 0.2) is 0 Å². The summed E-state index contributed by atoms with van der Waals surface area (Å²) in [5, 5.41) is 9.77. The molecule has 0 heterocycles.